The van der Waals surface area contributed by atoms with Crippen LogP contribution in [0.3, 0.4) is 0 Å². The summed E-state index contributed by atoms with van der Waals surface area (Å²) in [5, 5.41) is 7.62. The first-order chi connectivity index (χ1) is 10.1. The molecule has 0 saturated carbocycles. The maximum Gasteiger partial charge on any atom is 0.359 e. The van der Waals surface area contributed by atoms with Crippen LogP contribution in [0, 0.1) is 5.82 Å². The molecule has 2 aromatic carbocycles. The van der Waals surface area contributed by atoms with Crippen LogP contribution in [0.25, 0.3) is 10.9 Å². The van der Waals surface area contributed by atoms with Crippen molar-refractivity contribution in [1.82, 2.24) is 10.2 Å². The quantitative estimate of drug-likeness (QED) is 0.750. The lowest BCUT2D eigenvalue weighted by Crippen LogP contribution is -2.06. The van der Waals surface area contributed by atoms with Crippen LogP contribution in [0.4, 0.5) is 4.39 Å². The number of ether oxygens (including phenoxy) is 1. The molecule has 0 bridgehead atoms. The maximum atomic E-state index is 12.9. The molecule has 0 unspecified atom stereocenters. The van der Waals surface area contributed by atoms with E-state index in [4.69, 9.17) is 16.3 Å². The number of H-pyrrole nitrogens is 1. The molecule has 106 valence electrons. The fraction of sp³-hybridized carbons (Fsp3) is 0.0667. The van der Waals surface area contributed by atoms with Crippen LogP contribution in [-0.4, -0.2) is 16.2 Å². The average Bonchev–Trinajstić information content (AvgIpc) is 2.90. The van der Waals surface area contributed by atoms with Gasteiger partial charge >= 0.3 is 5.97 Å². The third kappa shape index (κ3) is 2.73. The summed E-state index contributed by atoms with van der Waals surface area (Å²) < 4.78 is 18.1. The number of aromatic amines is 1. The summed E-state index contributed by atoms with van der Waals surface area (Å²) in [6.07, 6.45) is 0. The van der Waals surface area contributed by atoms with E-state index in [0.29, 0.717) is 10.9 Å². The van der Waals surface area contributed by atoms with E-state index in [2.05, 4.69) is 10.2 Å². The number of rotatable bonds is 3. The van der Waals surface area contributed by atoms with E-state index in [9.17, 15) is 9.18 Å². The number of carbonyl (C=O) groups is 1. The molecule has 0 aliphatic rings. The number of esters is 1. The Morgan fingerprint density at radius 3 is 2.90 bits per heavy atom. The molecule has 0 saturated heterocycles. The number of halogens is 2. The third-order valence-corrected chi connectivity index (χ3v) is 3.39. The monoisotopic (exact) mass is 304 g/mol. The zero-order chi connectivity index (χ0) is 14.8. The summed E-state index contributed by atoms with van der Waals surface area (Å²) >= 11 is 5.88. The van der Waals surface area contributed by atoms with Crippen LogP contribution < -0.4 is 0 Å². The Balaban J connectivity index is 1.77. The number of nitrogens with one attached hydrogen (secondary N) is 1. The minimum absolute atomic E-state index is 0.0425. The number of carbonyl (C=O) groups excluding carboxylic acids is 1. The van der Waals surface area contributed by atoms with E-state index < -0.39 is 11.8 Å². The van der Waals surface area contributed by atoms with Gasteiger partial charge in [-0.15, -0.1) is 0 Å². The fourth-order valence-corrected chi connectivity index (χ4v) is 2.19. The van der Waals surface area contributed by atoms with Crippen molar-refractivity contribution in [3.63, 3.8) is 0 Å². The molecule has 1 aromatic heterocycles. The van der Waals surface area contributed by atoms with Gasteiger partial charge < -0.3 is 4.74 Å². The van der Waals surface area contributed by atoms with E-state index >= 15 is 0 Å². The molecule has 6 heteroatoms. The molecule has 4 nitrogen and oxygen atoms in total. The largest absolute Gasteiger partial charge is 0.456 e. The Hall–Kier alpha value is -2.40. The van der Waals surface area contributed by atoms with Crippen molar-refractivity contribution < 1.29 is 13.9 Å². The van der Waals surface area contributed by atoms with Crippen LogP contribution in [0.5, 0.6) is 0 Å². The first kappa shape index (κ1) is 13.6. The van der Waals surface area contributed by atoms with Gasteiger partial charge in [-0.1, -0.05) is 35.9 Å². The number of hydrogen-bond acceptors (Lipinski definition) is 3. The minimum Gasteiger partial charge on any atom is -0.456 e. The Morgan fingerprint density at radius 2 is 2.10 bits per heavy atom. The molecule has 1 N–H and O–H groups in total. The molecule has 0 radical (unpaired) electrons. The van der Waals surface area contributed by atoms with Crippen LogP contribution in [-0.2, 0) is 11.3 Å². The zero-order valence-electron chi connectivity index (χ0n) is 10.8. The smallest absolute Gasteiger partial charge is 0.359 e. The van der Waals surface area contributed by atoms with Gasteiger partial charge in [0.25, 0.3) is 0 Å². The lowest BCUT2D eigenvalue weighted by atomic mass is 10.2. The number of benzene rings is 2. The molecular weight excluding hydrogens is 295 g/mol. The van der Waals surface area contributed by atoms with Gasteiger partial charge in [-0.05, 0) is 18.2 Å². The van der Waals surface area contributed by atoms with E-state index in [-0.39, 0.29) is 17.3 Å². The van der Waals surface area contributed by atoms with E-state index in [1.807, 2.05) is 18.2 Å². The highest BCUT2D eigenvalue weighted by atomic mass is 35.5. The van der Waals surface area contributed by atoms with Crippen LogP contribution in [0.15, 0.2) is 42.5 Å². The van der Waals surface area contributed by atoms with E-state index in [0.717, 1.165) is 5.52 Å². The van der Waals surface area contributed by atoms with Crippen molar-refractivity contribution in [3.8, 4) is 0 Å². The summed E-state index contributed by atoms with van der Waals surface area (Å²) in [5.41, 5.74) is 1.50. The Bertz CT molecular complexity index is 816. The molecule has 3 rings (SSSR count). The molecule has 0 aliphatic heterocycles. The molecule has 0 amide bonds. The Morgan fingerprint density at radius 1 is 1.29 bits per heavy atom. The average molecular weight is 305 g/mol. The van der Waals surface area contributed by atoms with Gasteiger partial charge in [-0.3, -0.25) is 5.10 Å². The van der Waals surface area contributed by atoms with Crippen LogP contribution in [0.2, 0.25) is 5.02 Å². The first-order valence-corrected chi connectivity index (χ1v) is 6.57. The number of nitrogens with zero attached hydrogens (tertiary/aromatic N) is 1. The molecular formula is C15H10ClFN2O2. The van der Waals surface area contributed by atoms with Crippen LogP contribution in [0.1, 0.15) is 16.1 Å². The van der Waals surface area contributed by atoms with Gasteiger partial charge in [-0.25, -0.2) is 9.18 Å². The van der Waals surface area contributed by atoms with Crippen molar-refractivity contribution in [2.75, 3.05) is 0 Å². The molecule has 0 atom stereocenters. The third-order valence-electron chi connectivity index (χ3n) is 3.04. The predicted octanol–water partition coefficient (Wildman–Crippen LogP) is 3.71. The zero-order valence-corrected chi connectivity index (χ0v) is 11.5. The molecule has 3 aromatic rings. The second-order valence-electron chi connectivity index (χ2n) is 4.43. The lowest BCUT2D eigenvalue weighted by Gasteiger charge is -2.05. The second kappa shape index (κ2) is 5.54. The summed E-state index contributed by atoms with van der Waals surface area (Å²) in [4.78, 5) is 12.0. The highest BCUT2D eigenvalue weighted by Gasteiger charge is 2.15. The predicted molar refractivity (Wildman–Crippen MR) is 76.6 cm³/mol. The van der Waals surface area contributed by atoms with Crippen LogP contribution >= 0.6 is 11.6 Å². The lowest BCUT2D eigenvalue weighted by molar-refractivity contribution is 0.0468. The van der Waals surface area contributed by atoms with Crippen molar-refractivity contribution >= 4 is 28.5 Å². The van der Waals surface area contributed by atoms with Crippen molar-refractivity contribution in [2.24, 2.45) is 0 Å². The molecule has 0 aliphatic carbocycles. The maximum absolute atomic E-state index is 12.9. The second-order valence-corrected chi connectivity index (χ2v) is 4.84. The summed E-state index contributed by atoms with van der Waals surface area (Å²) in [7, 11) is 0. The topological polar surface area (TPSA) is 55.0 Å². The van der Waals surface area contributed by atoms with Crippen molar-refractivity contribution in [2.45, 2.75) is 6.61 Å². The van der Waals surface area contributed by atoms with Gasteiger partial charge in [0.1, 0.15) is 12.4 Å². The molecule has 21 heavy (non-hydrogen) atoms. The van der Waals surface area contributed by atoms with E-state index in [1.165, 1.54) is 18.2 Å². The highest BCUT2D eigenvalue weighted by Crippen LogP contribution is 2.20. The van der Waals surface area contributed by atoms with Gasteiger partial charge in [0.05, 0.1) is 10.5 Å². The van der Waals surface area contributed by atoms with Gasteiger partial charge in [0.15, 0.2) is 5.69 Å². The number of fused-ring (bicyclic) bond motifs is 1. The summed E-state index contributed by atoms with van der Waals surface area (Å²) in [5.74, 6) is -0.999. The first-order valence-electron chi connectivity index (χ1n) is 6.19. The number of para-hydroxylation sites is 1. The minimum atomic E-state index is -0.562. The normalized spacial score (nSPS) is 10.8. The molecule has 0 spiro atoms. The fourth-order valence-electron chi connectivity index (χ4n) is 1.97. The van der Waals surface area contributed by atoms with Gasteiger partial charge in [0, 0.05) is 10.9 Å². The summed E-state index contributed by atoms with van der Waals surface area (Å²) in [6.45, 7) is -0.0425. The standard InChI is InChI=1S/C15H10ClFN2O2/c16-12-7-10(17)6-5-9(12)8-21-15(20)14-11-3-1-2-4-13(11)18-19-14/h1-7H,8H2,(H,18,19). The number of aromatic nitrogens is 2. The number of hydrogen-bond donors (Lipinski definition) is 1. The van der Waals surface area contributed by atoms with Gasteiger partial charge in [0.2, 0.25) is 0 Å². The van der Waals surface area contributed by atoms with Gasteiger partial charge in [-0.2, -0.15) is 5.10 Å². The molecule has 0 fully saturated rings. The molecule has 1 heterocycles. The Kier molecular flexibility index (Phi) is 3.58. The summed E-state index contributed by atoms with van der Waals surface area (Å²) in [6, 6.07) is 11.2. The SMILES string of the molecule is O=C(OCc1ccc(F)cc1Cl)c1n[nH]c2ccccc12. The van der Waals surface area contributed by atoms with Crippen molar-refractivity contribution in [1.29, 1.82) is 0 Å². The van der Waals surface area contributed by atoms with Crippen molar-refractivity contribution in [3.05, 3.63) is 64.6 Å². The van der Waals surface area contributed by atoms with E-state index in [1.54, 1.807) is 6.07 Å². The highest BCUT2D eigenvalue weighted by molar-refractivity contribution is 6.31. The Labute approximate surface area is 124 Å².